The van der Waals surface area contributed by atoms with Gasteiger partial charge >= 0.3 is 0 Å². The van der Waals surface area contributed by atoms with E-state index in [0.29, 0.717) is 18.4 Å². The molecule has 6 atom stereocenters. The minimum Gasteiger partial charge on any atom is -0.359 e. The number of thioether (sulfide) groups is 1. The summed E-state index contributed by atoms with van der Waals surface area (Å²) in [6.45, 7) is 7.34. The fourth-order valence-electron chi connectivity index (χ4n) is 3.11. The number of hydrogen-bond acceptors (Lipinski definition) is 4. The molecule has 0 spiro atoms. The summed E-state index contributed by atoms with van der Waals surface area (Å²) in [5.74, 6) is 2.04. The van der Waals surface area contributed by atoms with Gasteiger partial charge in [0.2, 0.25) is 0 Å². The van der Waals surface area contributed by atoms with E-state index in [-0.39, 0.29) is 23.9 Å². The molecule has 2 aliphatic rings. The van der Waals surface area contributed by atoms with Crippen molar-refractivity contribution in [1.29, 1.82) is 0 Å². The van der Waals surface area contributed by atoms with E-state index in [9.17, 15) is 0 Å². The molecule has 0 aromatic heterocycles. The van der Waals surface area contributed by atoms with Gasteiger partial charge in [0.25, 0.3) is 0 Å². The molecule has 2 aliphatic heterocycles. The van der Waals surface area contributed by atoms with Gasteiger partial charge in [-0.05, 0) is 17.6 Å². The van der Waals surface area contributed by atoms with Gasteiger partial charge in [0.15, 0.2) is 6.29 Å². The molecule has 0 saturated carbocycles. The molecule has 2 heterocycles. The molecule has 2 fully saturated rings. The van der Waals surface area contributed by atoms with Gasteiger partial charge in [0, 0.05) is 5.56 Å². The Morgan fingerprint density at radius 1 is 1.10 bits per heavy atom. The van der Waals surface area contributed by atoms with E-state index >= 15 is 0 Å². The van der Waals surface area contributed by atoms with Crippen molar-refractivity contribution in [2.75, 3.05) is 12.4 Å². The molecule has 0 amide bonds. The second kappa shape index (κ2) is 6.69. The third kappa shape index (κ3) is 3.14. The standard InChI is InChI=1S/C17H24O3S/c1-4-21-17-12(3)11(2)15-14(19-17)10-18-16(20-15)13-8-6-5-7-9-13/h5-9,11-12,14-17H,4,10H2,1-3H3/t11?,12?,14-,15-,16?,17?/m0/s1. The maximum absolute atomic E-state index is 6.23. The van der Waals surface area contributed by atoms with Crippen LogP contribution in [0.1, 0.15) is 32.6 Å². The van der Waals surface area contributed by atoms with E-state index in [4.69, 9.17) is 14.2 Å². The van der Waals surface area contributed by atoms with Crippen molar-refractivity contribution < 1.29 is 14.2 Å². The SMILES string of the molecule is CCSC1O[C@H]2COC(c3ccccc3)O[C@H]2C(C)C1C. The average molecular weight is 308 g/mol. The highest BCUT2D eigenvalue weighted by Gasteiger charge is 2.46. The van der Waals surface area contributed by atoms with Crippen LogP contribution in [0.5, 0.6) is 0 Å². The van der Waals surface area contributed by atoms with Gasteiger partial charge in [-0.3, -0.25) is 0 Å². The van der Waals surface area contributed by atoms with Crippen LogP contribution in [0.3, 0.4) is 0 Å². The summed E-state index contributed by atoms with van der Waals surface area (Å²) >= 11 is 1.88. The summed E-state index contributed by atoms with van der Waals surface area (Å²) in [7, 11) is 0. The minimum atomic E-state index is -0.263. The number of benzene rings is 1. The molecule has 0 radical (unpaired) electrons. The van der Waals surface area contributed by atoms with Crippen LogP contribution in [0.2, 0.25) is 0 Å². The number of hydrogen-bond donors (Lipinski definition) is 0. The fraction of sp³-hybridized carbons (Fsp3) is 0.647. The van der Waals surface area contributed by atoms with E-state index in [1.165, 1.54) is 0 Å². The Labute approximate surface area is 131 Å². The second-order valence-electron chi connectivity index (χ2n) is 5.89. The highest BCUT2D eigenvalue weighted by atomic mass is 32.2. The highest BCUT2D eigenvalue weighted by Crippen LogP contribution is 2.41. The first-order valence-corrected chi connectivity index (χ1v) is 8.84. The number of fused-ring (bicyclic) bond motifs is 1. The van der Waals surface area contributed by atoms with Gasteiger partial charge in [-0.25, -0.2) is 0 Å². The molecular weight excluding hydrogens is 284 g/mol. The first-order chi connectivity index (χ1) is 10.2. The van der Waals surface area contributed by atoms with Gasteiger partial charge in [0.05, 0.1) is 12.7 Å². The molecule has 1 aromatic carbocycles. The fourth-order valence-corrected chi connectivity index (χ4v) is 4.21. The van der Waals surface area contributed by atoms with Crippen LogP contribution < -0.4 is 0 Å². The van der Waals surface area contributed by atoms with Crippen molar-refractivity contribution in [3.8, 4) is 0 Å². The molecule has 3 nitrogen and oxygen atoms in total. The summed E-state index contributed by atoms with van der Waals surface area (Å²) in [6.07, 6.45) is -0.0889. The van der Waals surface area contributed by atoms with Crippen molar-refractivity contribution in [3.63, 3.8) is 0 Å². The largest absolute Gasteiger partial charge is 0.359 e. The monoisotopic (exact) mass is 308 g/mol. The van der Waals surface area contributed by atoms with E-state index in [2.05, 4.69) is 32.9 Å². The van der Waals surface area contributed by atoms with Crippen molar-refractivity contribution in [2.24, 2.45) is 11.8 Å². The molecular formula is C17H24O3S. The highest BCUT2D eigenvalue weighted by molar-refractivity contribution is 7.99. The molecule has 4 unspecified atom stereocenters. The lowest BCUT2D eigenvalue weighted by atomic mass is 9.85. The average Bonchev–Trinajstić information content (AvgIpc) is 2.53. The van der Waals surface area contributed by atoms with Gasteiger partial charge in [-0.15, -0.1) is 11.8 Å². The molecule has 21 heavy (non-hydrogen) atoms. The molecule has 4 heteroatoms. The summed E-state index contributed by atoms with van der Waals surface area (Å²) in [6, 6.07) is 10.2. The lowest BCUT2D eigenvalue weighted by Crippen LogP contribution is -2.54. The quantitative estimate of drug-likeness (QED) is 0.847. The smallest absolute Gasteiger partial charge is 0.184 e. The number of rotatable bonds is 3. The zero-order valence-corrected chi connectivity index (χ0v) is 13.7. The predicted octanol–water partition coefficient (Wildman–Crippen LogP) is 3.85. The summed E-state index contributed by atoms with van der Waals surface area (Å²) < 4.78 is 18.3. The van der Waals surface area contributed by atoms with Crippen molar-refractivity contribution in [2.45, 2.75) is 44.7 Å². The molecule has 116 valence electrons. The predicted molar refractivity (Wildman–Crippen MR) is 85.1 cm³/mol. The third-order valence-corrected chi connectivity index (χ3v) is 5.75. The van der Waals surface area contributed by atoms with E-state index in [1.807, 2.05) is 30.0 Å². The molecule has 0 N–H and O–H groups in total. The second-order valence-corrected chi connectivity index (χ2v) is 7.27. The zero-order valence-electron chi connectivity index (χ0n) is 12.9. The molecule has 2 saturated heterocycles. The number of ether oxygens (including phenoxy) is 3. The van der Waals surface area contributed by atoms with Crippen molar-refractivity contribution in [1.82, 2.24) is 0 Å². The van der Waals surface area contributed by atoms with Crippen LogP contribution in [-0.4, -0.2) is 30.0 Å². The minimum absolute atomic E-state index is 0.0558. The molecule has 1 aromatic rings. The van der Waals surface area contributed by atoms with Gasteiger partial charge in [0.1, 0.15) is 11.5 Å². The lowest BCUT2D eigenvalue weighted by molar-refractivity contribution is -0.300. The first kappa shape index (κ1) is 15.3. The summed E-state index contributed by atoms with van der Waals surface area (Å²) in [5, 5.41) is 0. The Bertz CT molecular complexity index is 451. The Morgan fingerprint density at radius 3 is 2.57 bits per heavy atom. The normalized spacial score (nSPS) is 39.8. The molecule has 0 bridgehead atoms. The Morgan fingerprint density at radius 2 is 1.86 bits per heavy atom. The molecule has 3 rings (SSSR count). The van der Waals surface area contributed by atoms with Crippen molar-refractivity contribution >= 4 is 11.8 Å². The summed E-state index contributed by atoms with van der Waals surface area (Å²) in [4.78, 5) is 0. The van der Waals surface area contributed by atoms with Gasteiger partial charge in [-0.1, -0.05) is 51.1 Å². The van der Waals surface area contributed by atoms with Crippen LogP contribution in [0, 0.1) is 11.8 Å². The maximum atomic E-state index is 6.23. The van der Waals surface area contributed by atoms with Crippen molar-refractivity contribution in [3.05, 3.63) is 35.9 Å². The van der Waals surface area contributed by atoms with Crippen LogP contribution in [0.4, 0.5) is 0 Å². The Balaban J connectivity index is 1.71. The van der Waals surface area contributed by atoms with Gasteiger partial charge in [-0.2, -0.15) is 0 Å². The Kier molecular flexibility index (Phi) is 4.89. The Hall–Kier alpha value is -0.550. The maximum Gasteiger partial charge on any atom is 0.184 e. The lowest BCUT2D eigenvalue weighted by Gasteiger charge is -2.48. The van der Waals surface area contributed by atoms with Crippen LogP contribution >= 0.6 is 11.8 Å². The summed E-state index contributed by atoms with van der Waals surface area (Å²) in [5.41, 5.74) is 1.34. The third-order valence-electron chi connectivity index (χ3n) is 4.55. The van der Waals surface area contributed by atoms with E-state index in [0.717, 1.165) is 11.3 Å². The zero-order chi connectivity index (χ0) is 14.8. The van der Waals surface area contributed by atoms with Gasteiger partial charge < -0.3 is 14.2 Å². The first-order valence-electron chi connectivity index (χ1n) is 7.79. The van der Waals surface area contributed by atoms with Crippen LogP contribution in [0.25, 0.3) is 0 Å². The molecule has 0 aliphatic carbocycles. The van der Waals surface area contributed by atoms with Crippen LogP contribution in [-0.2, 0) is 14.2 Å². The topological polar surface area (TPSA) is 27.7 Å². The van der Waals surface area contributed by atoms with E-state index < -0.39 is 0 Å². The van der Waals surface area contributed by atoms with E-state index in [1.54, 1.807) is 0 Å². The van der Waals surface area contributed by atoms with Crippen LogP contribution in [0.15, 0.2) is 30.3 Å².